The molecule has 20 heavy (non-hydrogen) atoms. The number of nitrogens with zero attached hydrogens (tertiary/aromatic N) is 1. The number of carboxylic acid groups (broad SMARTS) is 1. The first-order valence-electron chi connectivity index (χ1n) is 7.09. The normalized spacial score (nSPS) is 21.9. The van der Waals surface area contributed by atoms with Crippen molar-refractivity contribution in [3.8, 4) is 11.5 Å². The lowest BCUT2D eigenvalue weighted by molar-refractivity contribution is -0.137. The lowest BCUT2D eigenvalue weighted by Gasteiger charge is -2.26. The highest BCUT2D eigenvalue weighted by Gasteiger charge is 2.27. The van der Waals surface area contributed by atoms with E-state index in [1.54, 1.807) is 0 Å². The minimum atomic E-state index is -0.738. The summed E-state index contributed by atoms with van der Waals surface area (Å²) in [6.45, 7) is 2.76. The van der Waals surface area contributed by atoms with Gasteiger partial charge < -0.3 is 14.6 Å². The highest BCUT2D eigenvalue weighted by molar-refractivity contribution is 5.66. The highest BCUT2D eigenvalue weighted by atomic mass is 16.6. The largest absolute Gasteiger partial charge is 0.486 e. The van der Waals surface area contributed by atoms with Crippen molar-refractivity contribution in [1.82, 2.24) is 4.90 Å². The first-order chi connectivity index (χ1) is 9.74. The summed E-state index contributed by atoms with van der Waals surface area (Å²) >= 11 is 0. The molecule has 5 heteroatoms. The number of carboxylic acids is 1. The third kappa shape index (κ3) is 2.72. The summed E-state index contributed by atoms with van der Waals surface area (Å²) < 4.78 is 11.2. The number of likely N-dealkylation sites (tertiary alicyclic amines) is 1. The second-order valence-corrected chi connectivity index (χ2v) is 5.24. The van der Waals surface area contributed by atoms with Crippen molar-refractivity contribution in [1.29, 1.82) is 0 Å². The van der Waals surface area contributed by atoms with Crippen molar-refractivity contribution in [2.24, 2.45) is 0 Å². The maximum Gasteiger partial charge on any atom is 0.304 e. The molecule has 0 amide bonds. The Kier molecular flexibility index (Phi) is 3.78. The first kappa shape index (κ1) is 13.2. The van der Waals surface area contributed by atoms with Crippen LogP contribution < -0.4 is 9.47 Å². The Morgan fingerprint density at radius 3 is 2.90 bits per heavy atom. The molecule has 2 heterocycles. The van der Waals surface area contributed by atoms with Gasteiger partial charge >= 0.3 is 5.97 Å². The van der Waals surface area contributed by atoms with Crippen LogP contribution in [0.25, 0.3) is 0 Å². The number of hydrogen-bond acceptors (Lipinski definition) is 4. The smallest absolute Gasteiger partial charge is 0.304 e. The summed E-state index contributed by atoms with van der Waals surface area (Å²) in [5.74, 6) is 0.867. The number of aliphatic carboxylic acids is 1. The van der Waals surface area contributed by atoms with Gasteiger partial charge in [-0.2, -0.15) is 0 Å². The molecule has 0 aliphatic carbocycles. The van der Waals surface area contributed by atoms with Crippen LogP contribution in [0, 0.1) is 0 Å². The van der Waals surface area contributed by atoms with Crippen LogP contribution in [0.2, 0.25) is 0 Å². The van der Waals surface area contributed by atoms with E-state index < -0.39 is 5.97 Å². The monoisotopic (exact) mass is 277 g/mol. The van der Waals surface area contributed by atoms with Crippen molar-refractivity contribution < 1.29 is 19.4 Å². The van der Waals surface area contributed by atoms with Gasteiger partial charge in [0.1, 0.15) is 13.2 Å². The van der Waals surface area contributed by atoms with Gasteiger partial charge in [-0.05, 0) is 37.1 Å². The lowest BCUT2D eigenvalue weighted by atomic mass is 10.0. The lowest BCUT2D eigenvalue weighted by Crippen LogP contribution is -2.26. The predicted octanol–water partition coefficient (Wildman–Crippen LogP) is 2.07. The molecule has 0 bridgehead atoms. The summed E-state index contributed by atoms with van der Waals surface area (Å²) in [5.41, 5.74) is 1.19. The van der Waals surface area contributed by atoms with Crippen LogP contribution in [-0.4, -0.2) is 42.3 Å². The van der Waals surface area contributed by atoms with E-state index in [0.29, 0.717) is 25.8 Å². The van der Waals surface area contributed by atoms with Crippen LogP contribution >= 0.6 is 0 Å². The molecule has 1 aromatic carbocycles. The van der Waals surface area contributed by atoms with Crippen LogP contribution in [0.4, 0.5) is 0 Å². The minimum Gasteiger partial charge on any atom is -0.486 e. The maximum atomic E-state index is 10.7. The second kappa shape index (κ2) is 5.71. The number of carbonyl (C=O) groups is 1. The number of benzene rings is 1. The zero-order chi connectivity index (χ0) is 13.9. The number of hydrogen-bond donors (Lipinski definition) is 1. The van der Waals surface area contributed by atoms with E-state index in [0.717, 1.165) is 30.9 Å². The highest BCUT2D eigenvalue weighted by Crippen LogP contribution is 2.37. The third-order valence-electron chi connectivity index (χ3n) is 3.93. The van der Waals surface area contributed by atoms with Gasteiger partial charge in [-0.25, -0.2) is 0 Å². The Labute approximate surface area is 118 Å². The summed E-state index contributed by atoms with van der Waals surface area (Å²) in [6.07, 6.45) is 2.37. The molecular weight excluding hydrogens is 258 g/mol. The molecule has 1 saturated heterocycles. The van der Waals surface area contributed by atoms with Gasteiger partial charge in [-0.1, -0.05) is 6.07 Å². The van der Waals surface area contributed by atoms with Gasteiger partial charge in [0.05, 0.1) is 6.42 Å². The predicted molar refractivity (Wildman–Crippen MR) is 73.2 cm³/mol. The standard InChI is InChI=1S/C15H19NO4/c17-15(18)5-7-16-6-1-2-12(16)11-3-4-13-14(10-11)20-9-8-19-13/h3-4,10,12H,1-2,5-9H2,(H,17,18). The van der Waals surface area contributed by atoms with Gasteiger partial charge in [0.25, 0.3) is 0 Å². The molecular formula is C15H19NO4. The number of fused-ring (bicyclic) bond motifs is 1. The van der Waals surface area contributed by atoms with E-state index in [9.17, 15) is 4.79 Å². The average molecular weight is 277 g/mol. The quantitative estimate of drug-likeness (QED) is 0.913. The Balaban J connectivity index is 1.75. The van der Waals surface area contributed by atoms with Crippen LogP contribution in [0.1, 0.15) is 30.9 Å². The van der Waals surface area contributed by atoms with Crippen LogP contribution in [0.15, 0.2) is 18.2 Å². The van der Waals surface area contributed by atoms with Crippen LogP contribution in [0.5, 0.6) is 11.5 Å². The molecule has 1 aromatic rings. The summed E-state index contributed by atoms with van der Waals surface area (Å²) in [4.78, 5) is 13.0. The van der Waals surface area contributed by atoms with E-state index in [4.69, 9.17) is 14.6 Å². The second-order valence-electron chi connectivity index (χ2n) is 5.24. The summed E-state index contributed by atoms with van der Waals surface area (Å²) in [6, 6.07) is 6.36. The molecule has 0 radical (unpaired) electrons. The molecule has 1 N–H and O–H groups in total. The average Bonchev–Trinajstić information content (AvgIpc) is 2.93. The SMILES string of the molecule is O=C(O)CCN1CCCC1c1ccc2c(c1)OCCO2. The molecule has 0 aromatic heterocycles. The molecule has 108 valence electrons. The Morgan fingerprint density at radius 2 is 2.10 bits per heavy atom. The molecule has 1 fully saturated rings. The Morgan fingerprint density at radius 1 is 1.30 bits per heavy atom. The van der Waals surface area contributed by atoms with E-state index in [-0.39, 0.29) is 6.42 Å². The van der Waals surface area contributed by atoms with E-state index >= 15 is 0 Å². The fourth-order valence-electron chi connectivity index (χ4n) is 2.98. The van der Waals surface area contributed by atoms with Gasteiger partial charge in [-0.15, -0.1) is 0 Å². The Hall–Kier alpha value is -1.75. The van der Waals surface area contributed by atoms with Crippen molar-refractivity contribution in [3.63, 3.8) is 0 Å². The topological polar surface area (TPSA) is 59.0 Å². The van der Waals surface area contributed by atoms with E-state index in [1.165, 1.54) is 5.56 Å². The molecule has 2 aliphatic rings. The maximum absolute atomic E-state index is 10.7. The van der Waals surface area contributed by atoms with Gasteiger partial charge in [0.15, 0.2) is 11.5 Å². The minimum absolute atomic E-state index is 0.195. The zero-order valence-electron chi connectivity index (χ0n) is 11.4. The Bertz CT molecular complexity index is 503. The molecule has 1 atom stereocenters. The number of rotatable bonds is 4. The van der Waals surface area contributed by atoms with Crippen molar-refractivity contribution >= 4 is 5.97 Å². The van der Waals surface area contributed by atoms with Gasteiger partial charge in [0, 0.05) is 12.6 Å². The molecule has 3 rings (SSSR count). The number of ether oxygens (including phenoxy) is 2. The molecule has 2 aliphatic heterocycles. The van der Waals surface area contributed by atoms with E-state index in [2.05, 4.69) is 11.0 Å². The summed E-state index contributed by atoms with van der Waals surface area (Å²) in [5, 5.41) is 8.83. The van der Waals surface area contributed by atoms with Gasteiger partial charge in [-0.3, -0.25) is 9.69 Å². The van der Waals surface area contributed by atoms with Crippen molar-refractivity contribution in [2.75, 3.05) is 26.3 Å². The molecule has 5 nitrogen and oxygen atoms in total. The van der Waals surface area contributed by atoms with Gasteiger partial charge in [0.2, 0.25) is 0 Å². The first-order valence-corrected chi connectivity index (χ1v) is 7.09. The van der Waals surface area contributed by atoms with E-state index in [1.807, 2.05) is 12.1 Å². The molecule has 0 spiro atoms. The van der Waals surface area contributed by atoms with Crippen molar-refractivity contribution in [3.05, 3.63) is 23.8 Å². The molecule has 0 saturated carbocycles. The third-order valence-corrected chi connectivity index (χ3v) is 3.93. The fourth-order valence-corrected chi connectivity index (χ4v) is 2.98. The fraction of sp³-hybridized carbons (Fsp3) is 0.533. The summed E-state index contributed by atoms with van der Waals surface area (Å²) in [7, 11) is 0. The van der Waals surface area contributed by atoms with Crippen LogP contribution in [-0.2, 0) is 4.79 Å². The zero-order valence-corrected chi connectivity index (χ0v) is 11.4. The van der Waals surface area contributed by atoms with Crippen LogP contribution in [0.3, 0.4) is 0 Å². The molecule has 1 unspecified atom stereocenters. The van der Waals surface area contributed by atoms with Crippen molar-refractivity contribution in [2.45, 2.75) is 25.3 Å².